The molecule has 0 aliphatic carbocycles. The van der Waals surface area contributed by atoms with Crippen molar-refractivity contribution >= 4 is 27.3 Å². The quantitative estimate of drug-likeness (QED) is 0.685. The van der Waals surface area contributed by atoms with Crippen LogP contribution in [0.3, 0.4) is 0 Å². The Balaban J connectivity index is 1.87. The largest absolute Gasteiger partial charge is 0.497 e. The third-order valence-corrected chi connectivity index (χ3v) is 6.54. The van der Waals surface area contributed by atoms with E-state index >= 15 is 0 Å². The molecule has 0 spiro atoms. The van der Waals surface area contributed by atoms with Gasteiger partial charge in [-0.05, 0) is 54.7 Å². The van der Waals surface area contributed by atoms with E-state index in [0.717, 1.165) is 17.7 Å². The van der Waals surface area contributed by atoms with Crippen molar-refractivity contribution in [2.75, 3.05) is 30.4 Å². The van der Waals surface area contributed by atoms with Gasteiger partial charge < -0.3 is 14.4 Å². The van der Waals surface area contributed by atoms with Gasteiger partial charge in [0.2, 0.25) is 5.91 Å². The van der Waals surface area contributed by atoms with Crippen LogP contribution in [0.4, 0.5) is 11.4 Å². The number of aryl methyl sites for hydroxylation is 1. The number of carbonyl (C=O) groups excluding carboxylic acids is 1. The smallest absolute Gasteiger partial charge is 0.265 e. The summed E-state index contributed by atoms with van der Waals surface area (Å²) >= 11 is 0. The summed E-state index contributed by atoms with van der Waals surface area (Å²) < 4.78 is 38.9. The molecular formula is C22H28N2O5S. The fourth-order valence-corrected chi connectivity index (χ4v) is 4.66. The first-order valence-corrected chi connectivity index (χ1v) is 11.4. The van der Waals surface area contributed by atoms with Gasteiger partial charge in [-0.25, -0.2) is 8.42 Å². The van der Waals surface area contributed by atoms with E-state index in [1.54, 1.807) is 18.2 Å². The number of hydrogen-bond donors (Lipinski definition) is 1. The Kier molecular flexibility index (Phi) is 6.55. The molecule has 1 heterocycles. The summed E-state index contributed by atoms with van der Waals surface area (Å²) in [6.45, 7) is 4.92. The van der Waals surface area contributed by atoms with Gasteiger partial charge in [-0.1, -0.05) is 13.8 Å². The highest BCUT2D eigenvalue weighted by molar-refractivity contribution is 7.92. The number of sulfonamides is 1. The maximum absolute atomic E-state index is 12.9. The van der Waals surface area contributed by atoms with Gasteiger partial charge in [-0.15, -0.1) is 0 Å². The molecular weight excluding hydrogens is 404 g/mol. The number of benzene rings is 2. The number of amides is 1. The number of rotatable bonds is 8. The van der Waals surface area contributed by atoms with Crippen molar-refractivity contribution in [3.05, 3.63) is 42.0 Å². The van der Waals surface area contributed by atoms with E-state index in [0.29, 0.717) is 36.7 Å². The number of fused-ring (bicyclic) bond motifs is 1. The highest BCUT2D eigenvalue weighted by Crippen LogP contribution is 2.33. The highest BCUT2D eigenvalue weighted by Gasteiger charge is 2.26. The lowest BCUT2D eigenvalue weighted by molar-refractivity contribution is -0.118. The van der Waals surface area contributed by atoms with Crippen LogP contribution >= 0.6 is 0 Å². The minimum Gasteiger partial charge on any atom is -0.497 e. The predicted octanol–water partition coefficient (Wildman–Crippen LogP) is 3.83. The van der Waals surface area contributed by atoms with Crippen LogP contribution in [0, 0.1) is 5.92 Å². The summed E-state index contributed by atoms with van der Waals surface area (Å²) in [6.07, 6.45) is 1.93. The van der Waals surface area contributed by atoms with Crippen molar-refractivity contribution < 1.29 is 22.7 Å². The van der Waals surface area contributed by atoms with Crippen molar-refractivity contribution in [3.8, 4) is 11.5 Å². The van der Waals surface area contributed by atoms with Crippen LogP contribution in [0.2, 0.25) is 0 Å². The van der Waals surface area contributed by atoms with Crippen LogP contribution in [-0.2, 0) is 21.2 Å². The minimum atomic E-state index is -3.86. The Morgan fingerprint density at radius 2 is 1.83 bits per heavy atom. The van der Waals surface area contributed by atoms with Crippen molar-refractivity contribution in [1.29, 1.82) is 0 Å². The maximum Gasteiger partial charge on any atom is 0.265 e. The molecule has 0 saturated carbocycles. The molecule has 3 rings (SSSR count). The standard InChI is InChI=1S/C22H28N2O5S/c1-15(2)11-12-24-19-8-6-17(13-16(19)5-10-22(24)25)23-30(26,27)21-9-7-18(28-3)14-20(21)29-4/h6-9,13-15,23H,5,10-12H2,1-4H3. The number of anilines is 2. The average molecular weight is 433 g/mol. The Morgan fingerprint density at radius 1 is 1.07 bits per heavy atom. The number of hydrogen-bond acceptors (Lipinski definition) is 5. The Bertz CT molecular complexity index is 1030. The molecule has 1 aliphatic heterocycles. The summed E-state index contributed by atoms with van der Waals surface area (Å²) in [5.74, 6) is 1.31. The first kappa shape index (κ1) is 22.0. The molecule has 0 saturated heterocycles. The van der Waals surface area contributed by atoms with Gasteiger partial charge in [-0.2, -0.15) is 0 Å². The van der Waals surface area contributed by atoms with Crippen molar-refractivity contribution in [3.63, 3.8) is 0 Å². The zero-order chi connectivity index (χ0) is 21.9. The lowest BCUT2D eigenvalue weighted by Crippen LogP contribution is -2.36. The summed E-state index contributed by atoms with van der Waals surface area (Å²) in [6, 6.07) is 9.85. The summed E-state index contributed by atoms with van der Waals surface area (Å²) in [5, 5.41) is 0. The SMILES string of the molecule is COc1ccc(S(=O)(=O)Nc2ccc3c(c2)CCC(=O)N3CCC(C)C)c(OC)c1. The number of methoxy groups -OCH3 is 2. The summed E-state index contributed by atoms with van der Waals surface area (Å²) in [4.78, 5) is 14.2. The van der Waals surface area contributed by atoms with Gasteiger partial charge in [0, 0.05) is 30.4 Å². The van der Waals surface area contributed by atoms with Gasteiger partial charge >= 0.3 is 0 Å². The molecule has 7 nitrogen and oxygen atoms in total. The third-order valence-electron chi connectivity index (χ3n) is 5.12. The first-order chi connectivity index (χ1) is 14.2. The predicted molar refractivity (Wildman–Crippen MR) is 117 cm³/mol. The van der Waals surface area contributed by atoms with Crippen molar-refractivity contribution in [2.24, 2.45) is 5.92 Å². The van der Waals surface area contributed by atoms with E-state index in [1.165, 1.54) is 26.4 Å². The second-order valence-electron chi connectivity index (χ2n) is 7.69. The number of nitrogens with zero attached hydrogens (tertiary/aromatic N) is 1. The second kappa shape index (κ2) is 8.95. The molecule has 0 atom stereocenters. The van der Waals surface area contributed by atoms with Gasteiger partial charge in [0.1, 0.15) is 16.4 Å². The Labute approximate surface area is 178 Å². The van der Waals surface area contributed by atoms with E-state index in [9.17, 15) is 13.2 Å². The molecule has 1 N–H and O–H groups in total. The molecule has 0 radical (unpaired) electrons. The minimum absolute atomic E-state index is 0.0252. The molecule has 8 heteroatoms. The van der Waals surface area contributed by atoms with E-state index in [2.05, 4.69) is 18.6 Å². The zero-order valence-electron chi connectivity index (χ0n) is 17.8. The van der Waals surface area contributed by atoms with Gasteiger partial charge in [0.05, 0.1) is 14.2 Å². The van der Waals surface area contributed by atoms with Gasteiger partial charge in [0.15, 0.2) is 0 Å². The fourth-order valence-electron chi connectivity index (χ4n) is 3.46. The van der Waals surface area contributed by atoms with Gasteiger partial charge in [0.25, 0.3) is 10.0 Å². The lowest BCUT2D eigenvalue weighted by atomic mass is 9.99. The Hall–Kier alpha value is -2.74. The normalized spacial score (nSPS) is 13.9. The van der Waals surface area contributed by atoms with E-state index in [-0.39, 0.29) is 16.6 Å². The molecule has 0 aromatic heterocycles. The third kappa shape index (κ3) is 4.70. The van der Waals surface area contributed by atoms with Crippen LogP contribution in [0.5, 0.6) is 11.5 Å². The van der Waals surface area contributed by atoms with Crippen LogP contribution in [0.15, 0.2) is 41.3 Å². The molecule has 0 unspecified atom stereocenters. The Morgan fingerprint density at radius 3 is 2.50 bits per heavy atom. The van der Waals surface area contributed by atoms with E-state index < -0.39 is 10.0 Å². The van der Waals surface area contributed by atoms with Crippen molar-refractivity contribution in [2.45, 2.75) is 38.0 Å². The van der Waals surface area contributed by atoms with Gasteiger partial charge in [-0.3, -0.25) is 9.52 Å². The molecule has 2 aromatic rings. The highest BCUT2D eigenvalue weighted by atomic mass is 32.2. The molecule has 162 valence electrons. The zero-order valence-corrected chi connectivity index (χ0v) is 18.6. The molecule has 2 aromatic carbocycles. The average Bonchev–Trinajstić information content (AvgIpc) is 2.72. The fraction of sp³-hybridized carbons (Fsp3) is 0.409. The number of nitrogens with one attached hydrogen (secondary N) is 1. The number of ether oxygens (including phenoxy) is 2. The first-order valence-electron chi connectivity index (χ1n) is 9.93. The van der Waals surface area contributed by atoms with Crippen LogP contribution < -0.4 is 19.1 Å². The maximum atomic E-state index is 12.9. The lowest BCUT2D eigenvalue weighted by Gasteiger charge is -2.30. The summed E-state index contributed by atoms with van der Waals surface area (Å²) in [7, 11) is -0.949. The van der Waals surface area contributed by atoms with Crippen LogP contribution in [0.25, 0.3) is 0 Å². The van der Waals surface area contributed by atoms with Crippen LogP contribution in [0.1, 0.15) is 32.3 Å². The van der Waals surface area contributed by atoms with Crippen LogP contribution in [-0.4, -0.2) is 35.1 Å². The molecule has 0 fully saturated rings. The summed E-state index contributed by atoms with van der Waals surface area (Å²) in [5.41, 5.74) is 2.27. The molecule has 0 bridgehead atoms. The van der Waals surface area contributed by atoms with Crippen molar-refractivity contribution in [1.82, 2.24) is 0 Å². The molecule has 1 aliphatic rings. The van der Waals surface area contributed by atoms with E-state index in [4.69, 9.17) is 9.47 Å². The monoisotopic (exact) mass is 432 g/mol. The van der Waals surface area contributed by atoms with E-state index in [1.807, 2.05) is 11.0 Å². The molecule has 1 amide bonds. The topological polar surface area (TPSA) is 84.9 Å². The molecule has 30 heavy (non-hydrogen) atoms. The second-order valence-corrected chi connectivity index (χ2v) is 9.34. The number of carbonyl (C=O) groups is 1.